The van der Waals surface area contributed by atoms with Crippen LogP contribution < -0.4 is 25.4 Å². The highest BCUT2D eigenvalue weighted by Gasteiger charge is 2.66. The van der Waals surface area contributed by atoms with Crippen molar-refractivity contribution < 1.29 is 38.1 Å². The summed E-state index contributed by atoms with van der Waals surface area (Å²) >= 11 is 1.48. The number of aromatic nitrogens is 2. The van der Waals surface area contributed by atoms with Crippen molar-refractivity contribution in [3.63, 3.8) is 0 Å². The van der Waals surface area contributed by atoms with Crippen LogP contribution in [0.3, 0.4) is 0 Å². The number of pyridine rings is 1. The maximum Gasteiger partial charge on any atom is 0.408 e. The molecule has 4 heterocycles. The second-order valence-corrected chi connectivity index (χ2v) is 21.1. The normalized spacial score (nSPS) is 25.8. The Bertz CT molecular complexity index is 2290. The standard InChI is InChI=1S/C46H59N6O8PS/c1-29(2)47-44-49-39(28-62-44)38-24-41(35-21-20-33(58-3)22-37(35)48-38)59-34-23-40-42(53)51-46(61(56,57)27-30-14-8-7-9-15-30)25-31(46)16-10-5-4-6-11-19-36(43(54)52(40)26-34)50-45(55)60-32-17-12-13-18-32/h7-9,14-15,20-22,24,28-29,31-32,34,36,40H,4-6,10-13,16-19,23,25-27H2,1-3H3,(H,47,49)(H,50,55)(H,51,53)(H,56,57)/t31-,34+,36-,40-,46-/m0/s1. The van der Waals surface area contributed by atoms with Crippen molar-refractivity contribution >= 4 is 52.6 Å². The van der Waals surface area contributed by atoms with E-state index in [1.165, 1.54) is 16.2 Å². The van der Waals surface area contributed by atoms with Gasteiger partial charge in [0.25, 0.3) is 0 Å². The lowest BCUT2D eigenvalue weighted by atomic mass is 10.0. The van der Waals surface area contributed by atoms with Gasteiger partial charge in [0, 0.05) is 35.4 Å². The van der Waals surface area contributed by atoms with Gasteiger partial charge in [-0.05, 0) is 82.4 Å². The molecule has 4 aliphatic rings. The molecule has 4 fully saturated rings. The molecule has 2 saturated heterocycles. The van der Waals surface area contributed by atoms with Crippen LogP contribution in [0.4, 0.5) is 9.93 Å². The molecule has 6 atom stereocenters. The molecule has 0 bridgehead atoms. The van der Waals surface area contributed by atoms with Crippen LogP contribution in [0.5, 0.6) is 11.5 Å². The van der Waals surface area contributed by atoms with E-state index in [4.69, 9.17) is 24.2 Å². The molecule has 14 nitrogen and oxygen atoms in total. The van der Waals surface area contributed by atoms with Gasteiger partial charge in [-0.1, -0.05) is 62.4 Å². The summed E-state index contributed by atoms with van der Waals surface area (Å²) < 4.78 is 32.7. The van der Waals surface area contributed by atoms with Gasteiger partial charge in [0.05, 0.1) is 31.0 Å². The van der Waals surface area contributed by atoms with Crippen LogP contribution >= 0.6 is 18.7 Å². The van der Waals surface area contributed by atoms with E-state index in [0.29, 0.717) is 59.5 Å². The Labute approximate surface area is 367 Å². The SMILES string of the molecule is COc1ccc2c(O[C@@H]3C[C@H]4C(=O)N[C@]5(P(=O)(O)Cc6ccccc6)C[C@@H]5CCCCCCC[C@H](NC(=O)OC5CCCC5)C(=O)N4C3)cc(-c3csc(NC(C)C)n3)nc2c1. The Kier molecular flexibility index (Phi) is 13.4. The first-order valence-electron chi connectivity index (χ1n) is 22.2. The Morgan fingerprint density at radius 2 is 1.71 bits per heavy atom. The van der Waals surface area contributed by atoms with Crippen LogP contribution in [0.2, 0.25) is 0 Å². The van der Waals surface area contributed by atoms with Gasteiger partial charge in [0.1, 0.15) is 46.8 Å². The molecule has 2 aliphatic heterocycles. The summed E-state index contributed by atoms with van der Waals surface area (Å²) in [6.45, 7) is 4.13. The smallest absolute Gasteiger partial charge is 0.408 e. The number of hydrogen-bond acceptors (Lipinski definition) is 11. The van der Waals surface area contributed by atoms with Gasteiger partial charge in [-0.3, -0.25) is 14.2 Å². The number of carbonyl (C=O) groups is 3. The third kappa shape index (κ3) is 9.90. The van der Waals surface area contributed by atoms with Gasteiger partial charge >= 0.3 is 6.09 Å². The number of methoxy groups -OCH3 is 1. The van der Waals surface area contributed by atoms with E-state index in [-0.39, 0.29) is 37.2 Å². The van der Waals surface area contributed by atoms with E-state index in [2.05, 4.69) is 16.0 Å². The second-order valence-electron chi connectivity index (χ2n) is 17.7. The van der Waals surface area contributed by atoms with Gasteiger partial charge in [-0.15, -0.1) is 11.3 Å². The van der Waals surface area contributed by atoms with E-state index < -0.39 is 48.7 Å². The largest absolute Gasteiger partial charge is 0.497 e. The minimum absolute atomic E-state index is 0.0401. The molecule has 2 aromatic carbocycles. The van der Waals surface area contributed by atoms with Crippen molar-refractivity contribution in [3.8, 4) is 22.9 Å². The molecule has 8 rings (SSSR count). The molecule has 0 spiro atoms. The first kappa shape index (κ1) is 43.9. The van der Waals surface area contributed by atoms with E-state index in [1.807, 2.05) is 73.8 Å². The molecule has 1 unspecified atom stereocenters. The van der Waals surface area contributed by atoms with Gasteiger partial charge in [0.15, 0.2) is 5.13 Å². The monoisotopic (exact) mass is 886 g/mol. The number of nitrogens with one attached hydrogen (secondary N) is 3. The Morgan fingerprint density at radius 1 is 0.968 bits per heavy atom. The number of nitrogens with zero attached hydrogens (tertiary/aromatic N) is 3. The van der Waals surface area contributed by atoms with Gasteiger partial charge in [0.2, 0.25) is 19.2 Å². The number of ether oxygens (including phenoxy) is 3. The minimum Gasteiger partial charge on any atom is -0.497 e. The average Bonchev–Trinajstić information content (AvgIpc) is 3.66. The van der Waals surface area contributed by atoms with Crippen LogP contribution in [0.15, 0.2) is 60.0 Å². The summed E-state index contributed by atoms with van der Waals surface area (Å²) in [7, 11) is -2.42. The molecule has 2 aliphatic carbocycles. The molecule has 2 aromatic heterocycles. The molecular formula is C46H59N6O8PS. The fourth-order valence-corrected chi connectivity index (χ4v) is 12.8. The van der Waals surface area contributed by atoms with Gasteiger partial charge in [-0.2, -0.15) is 0 Å². The topological polar surface area (TPSA) is 181 Å². The summed E-state index contributed by atoms with van der Waals surface area (Å²) in [6, 6.07) is 14.8. The quantitative estimate of drug-likeness (QED) is 0.106. The third-order valence-electron chi connectivity index (χ3n) is 12.8. The molecule has 332 valence electrons. The number of hydrogen-bond donors (Lipinski definition) is 4. The van der Waals surface area contributed by atoms with E-state index >= 15 is 0 Å². The summed E-state index contributed by atoms with van der Waals surface area (Å²) in [5.74, 6) is 0.0254. The van der Waals surface area contributed by atoms with E-state index in [9.17, 15) is 23.8 Å². The third-order valence-corrected chi connectivity index (χ3v) is 16.3. The number of benzene rings is 2. The highest BCUT2D eigenvalue weighted by Crippen LogP contribution is 2.71. The van der Waals surface area contributed by atoms with Crippen molar-refractivity contribution in [1.29, 1.82) is 0 Å². The lowest BCUT2D eigenvalue weighted by Gasteiger charge is -2.31. The first-order valence-corrected chi connectivity index (χ1v) is 25.0. The number of anilines is 1. The zero-order valence-corrected chi connectivity index (χ0v) is 37.6. The molecule has 0 radical (unpaired) electrons. The predicted octanol–water partition coefficient (Wildman–Crippen LogP) is 8.62. The second kappa shape index (κ2) is 18.9. The maximum absolute atomic E-state index is 14.9. The van der Waals surface area contributed by atoms with Crippen LogP contribution in [-0.2, 0) is 25.1 Å². The summed E-state index contributed by atoms with van der Waals surface area (Å²) in [6.07, 6.45) is 7.85. The lowest BCUT2D eigenvalue weighted by molar-refractivity contribution is -0.140. The van der Waals surface area contributed by atoms with Crippen LogP contribution in [0.1, 0.15) is 103 Å². The Balaban J connectivity index is 1.12. The number of alkyl carbamates (subject to hydrolysis) is 1. The molecule has 4 aromatic rings. The molecule has 62 heavy (non-hydrogen) atoms. The number of amides is 3. The number of thiazole rings is 1. The highest BCUT2D eigenvalue weighted by molar-refractivity contribution is 7.59. The lowest BCUT2D eigenvalue weighted by Crippen LogP contribution is -2.55. The summed E-state index contributed by atoms with van der Waals surface area (Å²) in [5, 5.41) is 11.4. The fourth-order valence-electron chi connectivity index (χ4n) is 9.45. The summed E-state index contributed by atoms with van der Waals surface area (Å²) in [4.78, 5) is 66.2. The van der Waals surface area contributed by atoms with Crippen LogP contribution in [0, 0.1) is 5.92 Å². The molecule has 4 N–H and O–H groups in total. The van der Waals surface area contributed by atoms with Crippen LogP contribution in [-0.4, -0.2) is 86.9 Å². The fraction of sp³-hybridized carbons (Fsp3) is 0.543. The maximum atomic E-state index is 14.9. The molecular weight excluding hydrogens is 828 g/mol. The Morgan fingerprint density at radius 3 is 2.47 bits per heavy atom. The zero-order chi connectivity index (χ0) is 43.4. The number of carbonyl (C=O) groups excluding carboxylic acids is 3. The number of rotatable bonds is 11. The molecule has 16 heteroatoms. The summed E-state index contributed by atoms with van der Waals surface area (Å²) in [5.41, 5.74) is 2.58. The minimum atomic E-state index is -4.01. The van der Waals surface area contributed by atoms with Gasteiger partial charge in [-0.25, -0.2) is 14.8 Å². The Hall–Kier alpha value is -4.72. The van der Waals surface area contributed by atoms with Crippen molar-refractivity contribution in [2.75, 3.05) is 19.0 Å². The van der Waals surface area contributed by atoms with Crippen molar-refractivity contribution in [3.05, 3.63) is 65.5 Å². The van der Waals surface area contributed by atoms with E-state index in [0.717, 1.165) is 62.1 Å². The molecule has 2 saturated carbocycles. The predicted molar refractivity (Wildman–Crippen MR) is 240 cm³/mol. The zero-order valence-electron chi connectivity index (χ0n) is 35.8. The number of fused-ring (bicyclic) bond motifs is 3. The highest BCUT2D eigenvalue weighted by atomic mass is 32.1. The van der Waals surface area contributed by atoms with Crippen molar-refractivity contribution in [1.82, 2.24) is 25.5 Å². The van der Waals surface area contributed by atoms with Gasteiger partial charge < -0.3 is 40.0 Å². The molecule has 3 amide bonds. The van der Waals surface area contributed by atoms with Crippen molar-refractivity contribution in [2.24, 2.45) is 5.92 Å². The first-order chi connectivity index (χ1) is 29.9. The van der Waals surface area contributed by atoms with Crippen LogP contribution in [0.25, 0.3) is 22.3 Å². The van der Waals surface area contributed by atoms with Crippen molar-refractivity contribution in [2.45, 2.75) is 139 Å². The van der Waals surface area contributed by atoms with E-state index in [1.54, 1.807) is 7.11 Å². The average molecular weight is 887 g/mol.